The van der Waals surface area contributed by atoms with Crippen LogP contribution in [0.2, 0.25) is 0 Å². The van der Waals surface area contributed by atoms with Crippen LogP contribution in [0.1, 0.15) is 20.8 Å². The smallest absolute Gasteiger partial charge is 0.455 e. The Hall–Kier alpha value is -1.69. The van der Waals surface area contributed by atoms with Gasteiger partial charge in [0.2, 0.25) is 11.8 Å². The lowest BCUT2D eigenvalue weighted by atomic mass is 10.2. The third-order valence-electron chi connectivity index (χ3n) is 1.39. The highest BCUT2D eigenvalue weighted by Crippen LogP contribution is 2.21. The van der Waals surface area contributed by atoms with Crippen LogP contribution in [-0.4, -0.2) is 26.5 Å². The van der Waals surface area contributed by atoms with Gasteiger partial charge in [-0.25, -0.2) is 4.79 Å². The Morgan fingerprint density at radius 1 is 1.27 bits per heavy atom. The first-order chi connectivity index (χ1) is 6.81. The SMILES string of the molecule is CC(C)(C)OOC(=O)n1c(O)ccc1O. The van der Waals surface area contributed by atoms with Gasteiger partial charge in [-0.1, -0.05) is 0 Å². The van der Waals surface area contributed by atoms with Crippen LogP contribution in [0.3, 0.4) is 0 Å². The Bertz CT molecular complexity index is 344. The number of hydrogen-bond acceptors (Lipinski definition) is 5. The minimum Gasteiger partial charge on any atom is -0.494 e. The van der Waals surface area contributed by atoms with Crippen molar-refractivity contribution < 1.29 is 24.8 Å². The fourth-order valence-corrected chi connectivity index (χ4v) is 0.800. The van der Waals surface area contributed by atoms with Gasteiger partial charge in [0.25, 0.3) is 0 Å². The van der Waals surface area contributed by atoms with Crippen molar-refractivity contribution in [1.29, 1.82) is 0 Å². The standard InChI is InChI=1S/C9H13NO5/c1-9(2,3)15-14-8(13)10-6(11)4-5-7(10)12/h4-5,11-12H,1-3H3. The highest BCUT2D eigenvalue weighted by atomic mass is 17.2. The van der Waals surface area contributed by atoms with Crippen molar-refractivity contribution in [1.82, 2.24) is 4.57 Å². The van der Waals surface area contributed by atoms with Crippen LogP contribution in [0.15, 0.2) is 12.1 Å². The number of aromatic hydroxyl groups is 2. The topological polar surface area (TPSA) is 80.9 Å². The molecule has 15 heavy (non-hydrogen) atoms. The first kappa shape index (κ1) is 11.4. The summed E-state index contributed by atoms with van der Waals surface area (Å²) in [4.78, 5) is 20.4. The Labute approximate surface area is 86.6 Å². The summed E-state index contributed by atoms with van der Waals surface area (Å²) in [5, 5.41) is 18.4. The number of nitrogens with zero attached hydrogens (tertiary/aromatic N) is 1. The maximum Gasteiger partial charge on any atom is 0.455 e. The van der Waals surface area contributed by atoms with E-state index in [1.165, 1.54) is 0 Å². The van der Waals surface area contributed by atoms with Crippen LogP contribution in [0.4, 0.5) is 4.79 Å². The second-order valence-corrected chi connectivity index (χ2v) is 3.93. The van der Waals surface area contributed by atoms with Crippen LogP contribution in [0, 0.1) is 0 Å². The van der Waals surface area contributed by atoms with E-state index in [0.29, 0.717) is 4.57 Å². The van der Waals surface area contributed by atoms with Gasteiger partial charge in [0, 0.05) is 12.1 Å². The Morgan fingerprint density at radius 2 is 1.73 bits per heavy atom. The van der Waals surface area contributed by atoms with E-state index >= 15 is 0 Å². The predicted molar refractivity (Wildman–Crippen MR) is 50.5 cm³/mol. The summed E-state index contributed by atoms with van der Waals surface area (Å²) < 4.78 is 0.575. The molecule has 2 N–H and O–H groups in total. The molecule has 0 fully saturated rings. The van der Waals surface area contributed by atoms with Crippen molar-refractivity contribution in [2.24, 2.45) is 0 Å². The molecule has 0 spiro atoms. The molecule has 0 aliphatic heterocycles. The van der Waals surface area contributed by atoms with E-state index < -0.39 is 23.5 Å². The number of hydrogen-bond donors (Lipinski definition) is 2. The second-order valence-electron chi connectivity index (χ2n) is 3.93. The summed E-state index contributed by atoms with van der Waals surface area (Å²) >= 11 is 0. The van der Waals surface area contributed by atoms with Gasteiger partial charge < -0.3 is 10.2 Å². The number of aromatic nitrogens is 1. The first-order valence-corrected chi connectivity index (χ1v) is 4.31. The summed E-state index contributed by atoms with van der Waals surface area (Å²) in [5.74, 6) is -0.843. The molecule has 0 radical (unpaired) electrons. The van der Waals surface area contributed by atoms with Crippen molar-refractivity contribution in [2.75, 3.05) is 0 Å². The average molecular weight is 215 g/mol. The van der Waals surface area contributed by atoms with Gasteiger partial charge >= 0.3 is 6.09 Å². The summed E-state index contributed by atoms with van der Waals surface area (Å²) in [6.07, 6.45) is -1.01. The number of carbonyl (C=O) groups excluding carboxylic acids is 1. The molecule has 84 valence electrons. The van der Waals surface area contributed by atoms with E-state index in [4.69, 9.17) is 4.89 Å². The Kier molecular flexibility index (Phi) is 2.90. The molecule has 1 aromatic rings. The molecule has 1 rings (SSSR count). The molecule has 0 bridgehead atoms. The van der Waals surface area contributed by atoms with E-state index in [1.54, 1.807) is 20.8 Å². The highest BCUT2D eigenvalue weighted by Gasteiger charge is 2.20. The van der Waals surface area contributed by atoms with E-state index in [-0.39, 0.29) is 0 Å². The fourth-order valence-electron chi connectivity index (χ4n) is 0.800. The molecular weight excluding hydrogens is 202 g/mol. The predicted octanol–water partition coefficient (Wildman–Crippen LogP) is 1.61. The largest absolute Gasteiger partial charge is 0.494 e. The lowest BCUT2D eigenvalue weighted by molar-refractivity contribution is -0.300. The van der Waals surface area contributed by atoms with E-state index in [2.05, 4.69) is 4.89 Å². The third-order valence-corrected chi connectivity index (χ3v) is 1.39. The molecule has 0 atom stereocenters. The summed E-state index contributed by atoms with van der Waals surface area (Å²) in [7, 11) is 0. The van der Waals surface area contributed by atoms with E-state index in [1.807, 2.05) is 0 Å². The molecule has 0 aromatic carbocycles. The summed E-state index contributed by atoms with van der Waals surface area (Å²) in [6.45, 7) is 5.07. The zero-order valence-corrected chi connectivity index (χ0v) is 8.72. The van der Waals surface area contributed by atoms with E-state index in [0.717, 1.165) is 12.1 Å². The Balaban J connectivity index is 2.70. The molecule has 0 aliphatic carbocycles. The van der Waals surface area contributed by atoms with Gasteiger partial charge in [0.15, 0.2) is 0 Å². The monoisotopic (exact) mass is 215 g/mol. The molecule has 6 nitrogen and oxygen atoms in total. The molecular formula is C9H13NO5. The van der Waals surface area contributed by atoms with Crippen LogP contribution in [0.25, 0.3) is 0 Å². The van der Waals surface area contributed by atoms with Crippen molar-refractivity contribution >= 4 is 6.09 Å². The van der Waals surface area contributed by atoms with Crippen molar-refractivity contribution in [3.63, 3.8) is 0 Å². The van der Waals surface area contributed by atoms with Crippen LogP contribution >= 0.6 is 0 Å². The van der Waals surface area contributed by atoms with Crippen LogP contribution in [0.5, 0.6) is 11.8 Å². The first-order valence-electron chi connectivity index (χ1n) is 4.31. The van der Waals surface area contributed by atoms with Gasteiger partial charge in [-0.3, -0.25) is 4.89 Å². The summed E-state index contributed by atoms with van der Waals surface area (Å²) in [5.41, 5.74) is -0.659. The Morgan fingerprint density at radius 3 is 2.13 bits per heavy atom. The highest BCUT2D eigenvalue weighted by molar-refractivity contribution is 5.74. The molecule has 0 saturated heterocycles. The van der Waals surface area contributed by atoms with Gasteiger partial charge in [0.05, 0.1) is 0 Å². The molecule has 6 heteroatoms. The van der Waals surface area contributed by atoms with Crippen LogP contribution < -0.4 is 0 Å². The van der Waals surface area contributed by atoms with Gasteiger partial charge in [-0.15, -0.1) is 0 Å². The minimum absolute atomic E-state index is 0.421. The maximum absolute atomic E-state index is 11.3. The van der Waals surface area contributed by atoms with Gasteiger partial charge in [-0.2, -0.15) is 9.45 Å². The molecule has 0 amide bonds. The maximum atomic E-state index is 11.3. The van der Waals surface area contributed by atoms with E-state index in [9.17, 15) is 15.0 Å². The quantitative estimate of drug-likeness (QED) is 0.549. The van der Waals surface area contributed by atoms with Crippen molar-refractivity contribution in [3.05, 3.63) is 12.1 Å². The third kappa shape index (κ3) is 2.88. The number of rotatable bonds is 1. The zero-order chi connectivity index (χ0) is 11.6. The lowest BCUT2D eigenvalue weighted by Gasteiger charge is -2.16. The molecule has 0 unspecified atom stereocenters. The lowest BCUT2D eigenvalue weighted by Crippen LogP contribution is -2.23. The van der Waals surface area contributed by atoms with Gasteiger partial charge in [0.1, 0.15) is 5.60 Å². The minimum atomic E-state index is -1.01. The van der Waals surface area contributed by atoms with Gasteiger partial charge in [-0.05, 0) is 20.8 Å². The molecule has 0 saturated carbocycles. The molecule has 1 aromatic heterocycles. The van der Waals surface area contributed by atoms with Crippen molar-refractivity contribution in [3.8, 4) is 11.8 Å². The zero-order valence-electron chi connectivity index (χ0n) is 8.72. The van der Waals surface area contributed by atoms with Crippen LogP contribution in [-0.2, 0) is 9.78 Å². The normalized spacial score (nSPS) is 11.4. The average Bonchev–Trinajstić information content (AvgIpc) is 2.41. The fraction of sp³-hybridized carbons (Fsp3) is 0.444. The number of carbonyl (C=O) groups is 1. The molecule has 0 aliphatic rings. The van der Waals surface area contributed by atoms with Crippen molar-refractivity contribution in [2.45, 2.75) is 26.4 Å². The second kappa shape index (κ2) is 3.82. The molecule has 1 heterocycles. The summed E-state index contributed by atoms with van der Waals surface area (Å²) in [6, 6.07) is 2.32.